The summed E-state index contributed by atoms with van der Waals surface area (Å²) in [5.41, 5.74) is 0.680. The van der Waals surface area contributed by atoms with Crippen LogP contribution in [0.5, 0.6) is 0 Å². The summed E-state index contributed by atoms with van der Waals surface area (Å²) >= 11 is 7.24. The molecule has 0 atom stereocenters. The van der Waals surface area contributed by atoms with Crippen molar-refractivity contribution in [3.8, 4) is 0 Å². The van der Waals surface area contributed by atoms with E-state index >= 15 is 0 Å². The number of nitrogens with one attached hydrogen (secondary N) is 1. The maximum atomic E-state index is 12.0. The largest absolute Gasteiger partial charge is 0.325 e. The first-order chi connectivity index (χ1) is 10.6. The maximum Gasteiger partial charge on any atom is 0.234 e. The lowest BCUT2D eigenvalue weighted by atomic mass is 10.3. The molecule has 7 heteroatoms. The number of carbonyl (C=O) groups is 1. The minimum atomic E-state index is -0.113. The highest BCUT2D eigenvalue weighted by Gasteiger charge is 2.12. The number of amides is 1. The van der Waals surface area contributed by atoms with E-state index in [1.54, 1.807) is 30.3 Å². The highest BCUT2D eigenvalue weighted by Crippen LogP contribution is 2.19. The van der Waals surface area contributed by atoms with Crippen molar-refractivity contribution < 1.29 is 4.79 Å². The number of nitrogens with zero attached hydrogens (tertiary/aromatic N) is 3. The van der Waals surface area contributed by atoms with Gasteiger partial charge in [0.15, 0.2) is 5.16 Å². The normalized spacial score (nSPS) is 10.5. The number of aryl methyl sites for hydroxylation is 1. The minimum Gasteiger partial charge on any atom is -0.325 e. The number of hydrogen-bond donors (Lipinski definition) is 1. The fourth-order valence-corrected chi connectivity index (χ4v) is 2.85. The molecule has 1 amide bonds. The average Bonchev–Trinajstić information content (AvgIpc) is 2.88. The van der Waals surface area contributed by atoms with Crippen LogP contribution in [-0.2, 0) is 17.8 Å². The van der Waals surface area contributed by atoms with Gasteiger partial charge in [0.2, 0.25) is 5.91 Å². The van der Waals surface area contributed by atoms with Gasteiger partial charge in [-0.3, -0.25) is 4.79 Å². The number of anilines is 1. The highest BCUT2D eigenvalue weighted by molar-refractivity contribution is 7.99. The number of rotatable bonds is 7. The Labute approximate surface area is 138 Å². The molecule has 0 saturated heterocycles. The quantitative estimate of drug-likeness (QED) is 0.621. The Hall–Kier alpha value is -1.79. The zero-order chi connectivity index (χ0) is 15.9. The Bertz CT molecular complexity index is 671. The molecule has 0 aliphatic heterocycles. The number of benzene rings is 1. The van der Waals surface area contributed by atoms with Crippen LogP contribution in [0.2, 0.25) is 5.02 Å². The molecular formula is C15H17ClN4OS. The molecule has 2 rings (SSSR count). The number of carbonyl (C=O) groups excluding carboxylic acids is 1. The SMILES string of the molecule is C=CCn1c(CC)nnc1SCC(=O)Nc1cccc(Cl)c1. The topological polar surface area (TPSA) is 59.8 Å². The molecule has 0 aliphatic rings. The van der Waals surface area contributed by atoms with E-state index in [1.807, 2.05) is 11.5 Å². The Kier molecular flexibility index (Phi) is 6.03. The van der Waals surface area contributed by atoms with Gasteiger partial charge in [-0.15, -0.1) is 16.8 Å². The molecule has 2 aromatic rings. The standard InChI is InChI=1S/C15H17ClN4OS/c1-3-8-20-13(4-2)18-19-15(20)22-10-14(21)17-12-7-5-6-11(16)9-12/h3,5-7,9H,1,4,8,10H2,2H3,(H,17,21). The van der Waals surface area contributed by atoms with Gasteiger partial charge in [-0.25, -0.2) is 0 Å². The molecule has 0 fully saturated rings. The van der Waals surface area contributed by atoms with Crippen LogP contribution >= 0.6 is 23.4 Å². The molecule has 0 spiro atoms. The smallest absolute Gasteiger partial charge is 0.234 e. The lowest BCUT2D eigenvalue weighted by molar-refractivity contribution is -0.113. The Balaban J connectivity index is 1.96. The number of allylic oxidation sites excluding steroid dienone is 1. The monoisotopic (exact) mass is 336 g/mol. The van der Waals surface area contributed by atoms with Gasteiger partial charge in [0.1, 0.15) is 5.82 Å². The molecule has 1 aromatic carbocycles. The number of halogens is 1. The van der Waals surface area contributed by atoms with Gasteiger partial charge >= 0.3 is 0 Å². The van der Waals surface area contributed by atoms with E-state index < -0.39 is 0 Å². The molecule has 22 heavy (non-hydrogen) atoms. The Morgan fingerprint density at radius 1 is 1.50 bits per heavy atom. The predicted molar refractivity (Wildman–Crippen MR) is 90.4 cm³/mol. The van der Waals surface area contributed by atoms with Crippen molar-refractivity contribution in [2.45, 2.75) is 25.0 Å². The number of hydrogen-bond acceptors (Lipinski definition) is 4. The second kappa shape index (κ2) is 8.00. The van der Waals surface area contributed by atoms with Crippen molar-refractivity contribution in [3.05, 3.63) is 47.8 Å². The van der Waals surface area contributed by atoms with E-state index in [2.05, 4.69) is 22.1 Å². The molecule has 0 aliphatic carbocycles. The van der Waals surface area contributed by atoms with E-state index in [0.717, 1.165) is 17.4 Å². The molecule has 0 saturated carbocycles. The molecule has 1 N–H and O–H groups in total. The maximum absolute atomic E-state index is 12.0. The van der Waals surface area contributed by atoms with Crippen LogP contribution < -0.4 is 5.32 Å². The third-order valence-electron chi connectivity index (χ3n) is 2.86. The molecule has 1 aromatic heterocycles. The Morgan fingerprint density at radius 2 is 2.32 bits per heavy atom. The van der Waals surface area contributed by atoms with Crippen LogP contribution in [0.3, 0.4) is 0 Å². The zero-order valence-corrected chi connectivity index (χ0v) is 13.8. The van der Waals surface area contributed by atoms with Crippen molar-refractivity contribution >= 4 is 35.0 Å². The molecule has 116 valence electrons. The summed E-state index contributed by atoms with van der Waals surface area (Å²) in [6, 6.07) is 7.05. The summed E-state index contributed by atoms with van der Waals surface area (Å²) in [5.74, 6) is 1.03. The summed E-state index contributed by atoms with van der Waals surface area (Å²) in [6.07, 6.45) is 2.58. The second-order valence-electron chi connectivity index (χ2n) is 4.50. The minimum absolute atomic E-state index is 0.113. The van der Waals surface area contributed by atoms with Crippen LogP contribution in [0.4, 0.5) is 5.69 Å². The molecular weight excluding hydrogens is 320 g/mol. The van der Waals surface area contributed by atoms with Gasteiger partial charge in [-0.2, -0.15) is 0 Å². The van der Waals surface area contributed by atoms with Gasteiger partial charge in [0.05, 0.1) is 5.75 Å². The summed E-state index contributed by atoms with van der Waals surface area (Å²) in [6.45, 7) is 6.39. The summed E-state index contributed by atoms with van der Waals surface area (Å²) in [5, 5.41) is 12.4. The van der Waals surface area contributed by atoms with Gasteiger partial charge < -0.3 is 9.88 Å². The van der Waals surface area contributed by atoms with Crippen molar-refractivity contribution in [2.75, 3.05) is 11.1 Å². The van der Waals surface area contributed by atoms with E-state index in [9.17, 15) is 4.79 Å². The first kappa shape index (κ1) is 16.6. The summed E-state index contributed by atoms with van der Waals surface area (Å²) in [4.78, 5) is 12.0. The Morgan fingerprint density at radius 3 is 3.00 bits per heavy atom. The van der Waals surface area contributed by atoms with E-state index in [1.165, 1.54) is 11.8 Å². The summed E-state index contributed by atoms with van der Waals surface area (Å²) < 4.78 is 1.96. The van der Waals surface area contributed by atoms with Crippen molar-refractivity contribution in [1.29, 1.82) is 0 Å². The third kappa shape index (κ3) is 4.35. The van der Waals surface area contributed by atoms with Gasteiger partial charge in [0, 0.05) is 23.7 Å². The second-order valence-corrected chi connectivity index (χ2v) is 5.88. The first-order valence-corrected chi connectivity index (χ1v) is 8.21. The van der Waals surface area contributed by atoms with Crippen LogP contribution in [-0.4, -0.2) is 26.4 Å². The fourth-order valence-electron chi connectivity index (χ4n) is 1.89. The molecule has 0 radical (unpaired) electrons. The highest BCUT2D eigenvalue weighted by atomic mass is 35.5. The fraction of sp³-hybridized carbons (Fsp3) is 0.267. The van der Waals surface area contributed by atoms with Crippen LogP contribution in [0.25, 0.3) is 0 Å². The molecule has 0 bridgehead atoms. The lowest BCUT2D eigenvalue weighted by Gasteiger charge is -2.07. The van der Waals surface area contributed by atoms with Crippen LogP contribution in [0.1, 0.15) is 12.7 Å². The van der Waals surface area contributed by atoms with Crippen molar-refractivity contribution in [3.63, 3.8) is 0 Å². The third-order valence-corrected chi connectivity index (χ3v) is 4.06. The number of aromatic nitrogens is 3. The summed E-state index contributed by atoms with van der Waals surface area (Å²) in [7, 11) is 0. The van der Waals surface area contributed by atoms with E-state index in [0.29, 0.717) is 17.3 Å². The van der Waals surface area contributed by atoms with Gasteiger partial charge in [-0.1, -0.05) is 42.4 Å². The average molecular weight is 337 g/mol. The number of thioether (sulfide) groups is 1. The molecule has 5 nitrogen and oxygen atoms in total. The van der Waals surface area contributed by atoms with Crippen molar-refractivity contribution in [1.82, 2.24) is 14.8 Å². The van der Waals surface area contributed by atoms with E-state index in [-0.39, 0.29) is 11.7 Å². The van der Waals surface area contributed by atoms with Crippen molar-refractivity contribution in [2.24, 2.45) is 0 Å². The predicted octanol–water partition coefficient (Wildman–Crippen LogP) is 3.41. The van der Waals surface area contributed by atoms with Gasteiger partial charge in [-0.05, 0) is 18.2 Å². The van der Waals surface area contributed by atoms with Crippen LogP contribution in [0, 0.1) is 0 Å². The van der Waals surface area contributed by atoms with Gasteiger partial charge in [0.25, 0.3) is 0 Å². The van der Waals surface area contributed by atoms with Crippen LogP contribution in [0.15, 0.2) is 42.1 Å². The zero-order valence-electron chi connectivity index (χ0n) is 12.3. The molecule has 0 unspecified atom stereocenters. The van der Waals surface area contributed by atoms with E-state index in [4.69, 9.17) is 11.6 Å². The first-order valence-electron chi connectivity index (χ1n) is 6.85. The lowest BCUT2D eigenvalue weighted by Crippen LogP contribution is -2.14. The molecule has 1 heterocycles.